The van der Waals surface area contributed by atoms with Gasteiger partial charge in [0.25, 0.3) is 0 Å². The largest absolute Gasteiger partial charge is 0.494 e. The number of aromatic nitrogens is 1. The maximum absolute atomic E-state index is 13.5. The Morgan fingerprint density at radius 2 is 2.00 bits per heavy atom. The van der Waals surface area contributed by atoms with Crippen molar-refractivity contribution < 1.29 is 14.2 Å². The van der Waals surface area contributed by atoms with Crippen LogP contribution in [0.15, 0.2) is 47.5 Å². The Bertz CT molecular complexity index is 903. The van der Waals surface area contributed by atoms with E-state index in [-0.39, 0.29) is 11.7 Å². The van der Waals surface area contributed by atoms with E-state index in [1.165, 1.54) is 12.1 Å². The van der Waals surface area contributed by atoms with Crippen LogP contribution in [0.2, 0.25) is 0 Å². The average Bonchev–Trinajstić information content (AvgIpc) is 2.96. The topological polar surface area (TPSA) is 60.9 Å². The van der Waals surface area contributed by atoms with Crippen LogP contribution in [0.25, 0.3) is 10.9 Å². The number of nitrogens with zero attached hydrogens (tertiary/aromatic N) is 2. The first kappa shape index (κ1) is 17.9. The van der Waals surface area contributed by atoms with Crippen molar-refractivity contribution in [1.29, 1.82) is 0 Å². The second-order valence-corrected chi connectivity index (χ2v) is 5.92. The molecule has 136 valence electrons. The molecule has 0 bridgehead atoms. The van der Waals surface area contributed by atoms with Gasteiger partial charge in [0, 0.05) is 43.0 Å². The number of benzene rings is 2. The van der Waals surface area contributed by atoms with Crippen molar-refractivity contribution in [2.75, 3.05) is 31.7 Å². The molecule has 0 spiro atoms. The second kappa shape index (κ2) is 8.01. The number of aromatic hydroxyl groups is 1. The highest BCUT2D eigenvalue weighted by Gasteiger charge is 2.09. The first-order valence-corrected chi connectivity index (χ1v) is 8.50. The quantitative estimate of drug-likeness (QED) is 0.623. The van der Waals surface area contributed by atoms with Gasteiger partial charge in [-0.05, 0) is 49.4 Å². The molecule has 0 atom stereocenters. The molecule has 1 heterocycles. The summed E-state index contributed by atoms with van der Waals surface area (Å²) in [6, 6.07) is 12.1. The van der Waals surface area contributed by atoms with Gasteiger partial charge in [0.1, 0.15) is 5.82 Å². The zero-order valence-corrected chi connectivity index (χ0v) is 14.9. The lowest BCUT2D eigenvalue weighted by atomic mass is 10.2. The summed E-state index contributed by atoms with van der Waals surface area (Å²) >= 11 is 0. The van der Waals surface area contributed by atoms with E-state index in [0.29, 0.717) is 23.1 Å². The van der Waals surface area contributed by atoms with Gasteiger partial charge in [-0.25, -0.2) is 4.39 Å². The molecule has 0 saturated carbocycles. The summed E-state index contributed by atoms with van der Waals surface area (Å²) in [5.74, 6) is -0.381. The van der Waals surface area contributed by atoms with Crippen LogP contribution >= 0.6 is 0 Å². The lowest BCUT2D eigenvalue weighted by molar-refractivity contribution is 0.205. The molecule has 0 aliphatic heterocycles. The molecule has 0 amide bonds. The molecule has 3 rings (SSSR count). The van der Waals surface area contributed by atoms with E-state index in [2.05, 4.69) is 21.8 Å². The van der Waals surface area contributed by atoms with E-state index < -0.39 is 0 Å². The summed E-state index contributed by atoms with van der Waals surface area (Å²) in [7, 11) is 1.69. The standard InChI is InChI=1S/C20H22FN3O2/c1-3-24(10-11-26-2)16-7-5-15(6-8-16)22-13-18-17-12-14(21)4-9-19(17)23-20(18)25/h4-9,12-13,23,25H,3,10-11H2,1-2H3. The molecule has 0 saturated heterocycles. The van der Waals surface area contributed by atoms with Crippen LogP contribution in [0.5, 0.6) is 5.88 Å². The average molecular weight is 355 g/mol. The number of fused-ring (bicyclic) bond motifs is 1. The number of H-pyrrole nitrogens is 1. The summed E-state index contributed by atoms with van der Waals surface area (Å²) in [6.07, 6.45) is 1.55. The van der Waals surface area contributed by atoms with Crippen LogP contribution in [-0.2, 0) is 4.74 Å². The van der Waals surface area contributed by atoms with Crippen molar-refractivity contribution >= 4 is 28.5 Å². The molecule has 3 aromatic rings. The molecule has 26 heavy (non-hydrogen) atoms. The van der Waals surface area contributed by atoms with Crippen molar-refractivity contribution in [3.05, 3.63) is 53.8 Å². The maximum Gasteiger partial charge on any atom is 0.198 e. The van der Waals surface area contributed by atoms with Gasteiger partial charge < -0.3 is 19.7 Å². The monoisotopic (exact) mass is 355 g/mol. The van der Waals surface area contributed by atoms with E-state index >= 15 is 0 Å². The van der Waals surface area contributed by atoms with Gasteiger partial charge in [0.2, 0.25) is 0 Å². The SMILES string of the molecule is CCN(CCOC)c1ccc(N=Cc2c(O)[nH]c3ccc(F)cc23)cc1. The Balaban J connectivity index is 1.81. The highest BCUT2D eigenvalue weighted by atomic mass is 19.1. The predicted molar refractivity (Wildman–Crippen MR) is 103 cm³/mol. The van der Waals surface area contributed by atoms with Gasteiger partial charge >= 0.3 is 0 Å². The summed E-state index contributed by atoms with van der Waals surface area (Å²) in [5.41, 5.74) is 2.98. The molecule has 2 aromatic carbocycles. The minimum absolute atomic E-state index is 0.0253. The predicted octanol–water partition coefficient (Wildman–Crippen LogP) is 4.24. The highest BCUT2D eigenvalue weighted by Crippen LogP contribution is 2.27. The molecule has 2 N–H and O–H groups in total. The van der Waals surface area contributed by atoms with Crippen LogP contribution in [-0.4, -0.2) is 43.1 Å². The Morgan fingerprint density at radius 1 is 1.23 bits per heavy atom. The Morgan fingerprint density at radius 3 is 2.69 bits per heavy atom. The molecule has 0 unspecified atom stereocenters. The minimum Gasteiger partial charge on any atom is -0.494 e. The van der Waals surface area contributed by atoms with Crippen LogP contribution in [0, 0.1) is 5.82 Å². The fourth-order valence-corrected chi connectivity index (χ4v) is 2.86. The minimum atomic E-state index is -0.355. The third kappa shape index (κ3) is 3.86. The maximum atomic E-state index is 13.5. The third-order valence-electron chi connectivity index (χ3n) is 4.28. The molecule has 0 aliphatic rings. The van der Waals surface area contributed by atoms with Crippen LogP contribution in [0.1, 0.15) is 12.5 Å². The summed E-state index contributed by atoms with van der Waals surface area (Å²) in [6.45, 7) is 4.48. The van der Waals surface area contributed by atoms with Crippen LogP contribution in [0.3, 0.4) is 0 Å². The Labute approximate surface area is 151 Å². The molecule has 0 fully saturated rings. The summed E-state index contributed by atoms with van der Waals surface area (Å²) < 4.78 is 18.6. The van der Waals surface area contributed by atoms with Gasteiger partial charge in [-0.15, -0.1) is 0 Å². The first-order chi connectivity index (χ1) is 12.6. The normalized spacial score (nSPS) is 11.5. The molecule has 1 aromatic heterocycles. The smallest absolute Gasteiger partial charge is 0.198 e. The number of anilines is 1. The van der Waals surface area contributed by atoms with Gasteiger partial charge in [0.05, 0.1) is 17.9 Å². The number of likely N-dealkylation sites (N-methyl/N-ethyl adjacent to an activating group) is 1. The molecular weight excluding hydrogens is 333 g/mol. The van der Waals surface area contributed by atoms with E-state index in [1.807, 2.05) is 24.3 Å². The van der Waals surface area contributed by atoms with Crippen molar-refractivity contribution in [1.82, 2.24) is 4.98 Å². The number of nitrogens with one attached hydrogen (secondary N) is 1. The molecular formula is C20H22FN3O2. The first-order valence-electron chi connectivity index (χ1n) is 8.50. The van der Waals surface area contributed by atoms with E-state index in [1.54, 1.807) is 19.4 Å². The number of ether oxygens (including phenoxy) is 1. The zero-order valence-electron chi connectivity index (χ0n) is 14.9. The molecule has 5 nitrogen and oxygen atoms in total. The number of hydrogen-bond acceptors (Lipinski definition) is 4. The number of aromatic amines is 1. The highest BCUT2D eigenvalue weighted by molar-refractivity contribution is 6.02. The number of methoxy groups -OCH3 is 1. The van der Waals surface area contributed by atoms with Crippen molar-refractivity contribution in [2.45, 2.75) is 6.92 Å². The van der Waals surface area contributed by atoms with E-state index in [0.717, 1.165) is 24.5 Å². The number of halogens is 1. The van der Waals surface area contributed by atoms with Crippen molar-refractivity contribution in [2.24, 2.45) is 4.99 Å². The Kier molecular flexibility index (Phi) is 5.53. The van der Waals surface area contributed by atoms with Gasteiger partial charge in [0.15, 0.2) is 5.88 Å². The van der Waals surface area contributed by atoms with E-state index in [4.69, 9.17) is 4.74 Å². The number of aliphatic imine (C=N–C) groups is 1. The number of rotatable bonds is 7. The fraction of sp³-hybridized carbons (Fsp3) is 0.250. The molecule has 6 heteroatoms. The second-order valence-electron chi connectivity index (χ2n) is 5.92. The molecule has 0 aliphatic carbocycles. The Hall–Kier alpha value is -2.86. The molecule has 0 radical (unpaired) electrons. The van der Waals surface area contributed by atoms with E-state index in [9.17, 15) is 9.50 Å². The van der Waals surface area contributed by atoms with Crippen molar-refractivity contribution in [3.63, 3.8) is 0 Å². The van der Waals surface area contributed by atoms with Gasteiger partial charge in [-0.1, -0.05) is 0 Å². The summed E-state index contributed by atoms with van der Waals surface area (Å²) in [4.78, 5) is 9.44. The van der Waals surface area contributed by atoms with Crippen molar-refractivity contribution in [3.8, 4) is 5.88 Å². The zero-order chi connectivity index (χ0) is 18.5. The number of hydrogen-bond donors (Lipinski definition) is 2. The van der Waals surface area contributed by atoms with Crippen LogP contribution < -0.4 is 4.90 Å². The lowest BCUT2D eigenvalue weighted by Gasteiger charge is -2.22. The van der Waals surface area contributed by atoms with Gasteiger partial charge in [-0.2, -0.15) is 0 Å². The fourth-order valence-electron chi connectivity index (χ4n) is 2.86. The lowest BCUT2D eigenvalue weighted by Crippen LogP contribution is -2.26. The summed E-state index contributed by atoms with van der Waals surface area (Å²) in [5, 5.41) is 10.6. The van der Waals surface area contributed by atoms with Gasteiger partial charge in [-0.3, -0.25) is 4.99 Å². The van der Waals surface area contributed by atoms with Crippen LogP contribution in [0.4, 0.5) is 15.8 Å². The third-order valence-corrected chi connectivity index (χ3v) is 4.28.